The molecule has 114 valence electrons. The van der Waals surface area contributed by atoms with E-state index < -0.39 is 5.97 Å². The number of rotatable bonds is 5. The van der Waals surface area contributed by atoms with Gasteiger partial charge in [0.25, 0.3) is 5.91 Å². The van der Waals surface area contributed by atoms with Crippen LogP contribution in [-0.2, 0) is 4.79 Å². The van der Waals surface area contributed by atoms with Gasteiger partial charge in [0.15, 0.2) is 11.5 Å². The second-order valence-corrected chi connectivity index (χ2v) is 5.30. The monoisotopic (exact) mass is 293 g/mol. The first kappa shape index (κ1) is 15.2. The van der Waals surface area contributed by atoms with Gasteiger partial charge in [0.05, 0.1) is 5.56 Å². The van der Waals surface area contributed by atoms with E-state index in [1.54, 1.807) is 18.2 Å². The van der Waals surface area contributed by atoms with E-state index in [4.69, 9.17) is 14.6 Å². The minimum atomic E-state index is -1.04. The number of hydrogen-bond acceptors (Lipinski definition) is 4. The Kier molecular flexibility index (Phi) is 4.67. The molecule has 0 atom stereocenters. The molecule has 1 N–H and O–H groups in total. The fraction of sp³-hybridized carbons (Fsp3) is 0.467. The van der Waals surface area contributed by atoms with Gasteiger partial charge in [0, 0.05) is 6.54 Å². The Bertz CT molecular complexity index is 541. The third kappa shape index (κ3) is 3.65. The number of aliphatic carboxylic acids is 1. The molecule has 1 aliphatic heterocycles. The highest BCUT2D eigenvalue weighted by atomic mass is 16.6. The summed E-state index contributed by atoms with van der Waals surface area (Å²) < 4.78 is 11.0. The number of nitrogens with zero attached hydrogens (tertiary/aromatic N) is 1. The largest absolute Gasteiger partial charge is 0.486 e. The average molecular weight is 293 g/mol. The van der Waals surface area contributed by atoms with Gasteiger partial charge in [-0.3, -0.25) is 9.59 Å². The summed E-state index contributed by atoms with van der Waals surface area (Å²) in [7, 11) is 0. The lowest BCUT2D eigenvalue weighted by Gasteiger charge is -2.26. The summed E-state index contributed by atoms with van der Waals surface area (Å²) in [5, 5.41) is 8.98. The summed E-state index contributed by atoms with van der Waals surface area (Å²) in [4.78, 5) is 24.9. The highest BCUT2D eigenvalue weighted by Crippen LogP contribution is 2.34. The lowest BCUT2D eigenvalue weighted by Crippen LogP contribution is -2.38. The second kappa shape index (κ2) is 6.47. The number of amides is 1. The van der Waals surface area contributed by atoms with Crippen LogP contribution in [0.15, 0.2) is 18.2 Å². The Morgan fingerprint density at radius 2 is 2.00 bits per heavy atom. The number of carboxylic acid groups (broad SMARTS) is 1. The van der Waals surface area contributed by atoms with E-state index in [0.29, 0.717) is 36.8 Å². The van der Waals surface area contributed by atoms with Crippen LogP contribution in [0.3, 0.4) is 0 Å². The molecular formula is C15H19NO5. The van der Waals surface area contributed by atoms with Crippen molar-refractivity contribution in [1.82, 2.24) is 4.90 Å². The van der Waals surface area contributed by atoms with E-state index in [-0.39, 0.29) is 18.4 Å². The van der Waals surface area contributed by atoms with Crippen LogP contribution < -0.4 is 9.47 Å². The van der Waals surface area contributed by atoms with Crippen LogP contribution in [-0.4, -0.2) is 48.2 Å². The summed E-state index contributed by atoms with van der Waals surface area (Å²) in [5.74, 6) is -0.302. The molecule has 1 amide bonds. The minimum Gasteiger partial charge on any atom is -0.486 e. The van der Waals surface area contributed by atoms with Crippen molar-refractivity contribution in [1.29, 1.82) is 0 Å². The Morgan fingerprint density at radius 1 is 1.29 bits per heavy atom. The van der Waals surface area contributed by atoms with Gasteiger partial charge in [-0.15, -0.1) is 0 Å². The van der Waals surface area contributed by atoms with Crippen molar-refractivity contribution in [2.75, 3.05) is 26.3 Å². The standard InChI is InChI=1S/C15H19NO5/c1-10(2)8-16(9-13(17)18)15(19)11-4-3-5-12-14(11)21-7-6-20-12/h3-5,10H,6-9H2,1-2H3,(H,17,18). The van der Waals surface area contributed by atoms with Crippen molar-refractivity contribution in [2.24, 2.45) is 5.92 Å². The van der Waals surface area contributed by atoms with Gasteiger partial charge < -0.3 is 19.5 Å². The number of fused-ring (bicyclic) bond motifs is 1. The Morgan fingerprint density at radius 3 is 2.67 bits per heavy atom. The lowest BCUT2D eigenvalue weighted by molar-refractivity contribution is -0.137. The molecule has 0 saturated carbocycles. The van der Waals surface area contributed by atoms with Gasteiger partial charge in [-0.25, -0.2) is 0 Å². The van der Waals surface area contributed by atoms with Crippen molar-refractivity contribution in [3.8, 4) is 11.5 Å². The first-order valence-electron chi connectivity index (χ1n) is 6.88. The molecule has 0 spiro atoms. The number of carbonyl (C=O) groups is 2. The van der Waals surface area contributed by atoms with Crippen LogP contribution in [0.4, 0.5) is 0 Å². The topological polar surface area (TPSA) is 76.1 Å². The van der Waals surface area contributed by atoms with E-state index >= 15 is 0 Å². The Labute approximate surface area is 123 Å². The number of benzene rings is 1. The van der Waals surface area contributed by atoms with E-state index in [0.717, 1.165) is 0 Å². The minimum absolute atomic E-state index is 0.171. The van der Waals surface area contributed by atoms with Gasteiger partial charge in [-0.1, -0.05) is 19.9 Å². The number of carboxylic acids is 1. The quantitative estimate of drug-likeness (QED) is 0.893. The van der Waals surface area contributed by atoms with Gasteiger partial charge in [-0.05, 0) is 18.1 Å². The van der Waals surface area contributed by atoms with Crippen LogP contribution >= 0.6 is 0 Å². The SMILES string of the molecule is CC(C)CN(CC(=O)O)C(=O)c1cccc2c1OCCO2. The maximum absolute atomic E-state index is 12.6. The fourth-order valence-electron chi connectivity index (χ4n) is 2.24. The summed E-state index contributed by atoms with van der Waals surface area (Å²) >= 11 is 0. The Balaban J connectivity index is 2.29. The van der Waals surface area contributed by atoms with Crippen molar-refractivity contribution < 1.29 is 24.2 Å². The predicted octanol–water partition coefficient (Wildman–Crippen LogP) is 1.64. The molecule has 2 rings (SSSR count). The molecule has 21 heavy (non-hydrogen) atoms. The molecule has 6 heteroatoms. The van der Waals surface area contributed by atoms with Gasteiger partial charge >= 0.3 is 5.97 Å². The van der Waals surface area contributed by atoms with E-state index in [9.17, 15) is 9.59 Å². The molecule has 0 radical (unpaired) electrons. The third-order valence-electron chi connectivity index (χ3n) is 3.00. The molecular weight excluding hydrogens is 274 g/mol. The summed E-state index contributed by atoms with van der Waals surface area (Å²) in [6.07, 6.45) is 0. The number of ether oxygens (including phenoxy) is 2. The predicted molar refractivity (Wildman–Crippen MR) is 75.8 cm³/mol. The summed E-state index contributed by atoms with van der Waals surface area (Å²) in [6.45, 7) is 4.72. The van der Waals surface area contributed by atoms with Crippen LogP contribution in [0.25, 0.3) is 0 Å². The zero-order chi connectivity index (χ0) is 15.4. The maximum Gasteiger partial charge on any atom is 0.323 e. The maximum atomic E-state index is 12.6. The number of carbonyl (C=O) groups excluding carboxylic acids is 1. The first-order chi connectivity index (χ1) is 9.99. The zero-order valence-electron chi connectivity index (χ0n) is 12.2. The van der Waals surface area contributed by atoms with Crippen LogP contribution in [0.1, 0.15) is 24.2 Å². The van der Waals surface area contributed by atoms with Crippen LogP contribution in [0, 0.1) is 5.92 Å². The molecule has 0 aromatic heterocycles. The van der Waals surface area contributed by atoms with Gasteiger partial charge in [0.2, 0.25) is 0 Å². The Hall–Kier alpha value is -2.24. The van der Waals surface area contributed by atoms with Gasteiger partial charge in [-0.2, -0.15) is 0 Å². The first-order valence-corrected chi connectivity index (χ1v) is 6.88. The van der Waals surface area contributed by atoms with E-state index in [1.165, 1.54) is 4.90 Å². The molecule has 0 fully saturated rings. The van der Waals surface area contributed by atoms with Crippen molar-refractivity contribution >= 4 is 11.9 Å². The van der Waals surface area contributed by atoms with Crippen LogP contribution in [0.2, 0.25) is 0 Å². The average Bonchev–Trinajstić information content (AvgIpc) is 2.44. The van der Waals surface area contributed by atoms with Crippen molar-refractivity contribution in [3.05, 3.63) is 23.8 Å². The van der Waals surface area contributed by atoms with Crippen molar-refractivity contribution in [3.63, 3.8) is 0 Å². The lowest BCUT2D eigenvalue weighted by atomic mass is 10.1. The molecule has 6 nitrogen and oxygen atoms in total. The number of hydrogen-bond donors (Lipinski definition) is 1. The highest BCUT2D eigenvalue weighted by Gasteiger charge is 2.25. The third-order valence-corrected chi connectivity index (χ3v) is 3.00. The molecule has 1 aromatic rings. The summed E-state index contributed by atoms with van der Waals surface area (Å²) in [5.41, 5.74) is 0.342. The fourth-order valence-corrected chi connectivity index (χ4v) is 2.24. The molecule has 1 aliphatic rings. The molecule has 0 saturated heterocycles. The molecule has 1 heterocycles. The molecule has 0 aliphatic carbocycles. The van der Waals surface area contributed by atoms with Crippen LogP contribution in [0.5, 0.6) is 11.5 Å². The molecule has 0 bridgehead atoms. The normalized spacial score (nSPS) is 13.1. The van der Waals surface area contributed by atoms with Gasteiger partial charge in [0.1, 0.15) is 19.8 Å². The van der Waals surface area contributed by atoms with Crippen molar-refractivity contribution in [2.45, 2.75) is 13.8 Å². The highest BCUT2D eigenvalue weighted by molar-refractivity contribution is 5.99. The number of para-hydroxylation sites is 1. The summed E-state index contributed by atoms with van der Waals surface area (Å²) in [6, 6.07) is 5.06. The smallest absolute Gasteiger partial charge is 0.323 e. The molecule has 0 unspecified atom stereocenters. The second-order valence-electron chi connectivity index (χ2n) is 5.30. The molecule has 1 aromatic carbocycles. The zero-order valence-corrected chi connectivity index (χ0v) is 12.2. The van der Waals surface area contributed by atoms with E-state index in [1.807, 2.05) is 13.8 Å². The van der Waals surface area contributed by atoms with E-state index in [2.05, 4.69) is 0 Å².